The number of aromatic nitrogens is 2. The third-order valence-electron chi connectivity index (χ3n) is 4.63. The van der Waals surface area contributed by atoms with Crippen molar-refractivity contribution in [3.8, 4) is 16.9 Å². The molecule has 0 radical (unpaired) electrons. The molecule has 1 N–H and O–H groups in total. The second kappa shape index (κ2) is 8.60. The highest BCUT2D eigenvalue weighted by atomic mass is 35.5. The lowest BCUT2D eigenvalue weighted by Crippen LogP contribution is -2.00. The third kappa shape index (κ3) is 4.26. The molecule has 4 nitrogen and oxygen atoms in total. The van der Waals surface area contributed by atoms with Crippen LogP contribution < -0.4 is 5.43 Å². The summed E-state index contributed by atoms with van der Waals surface area (Å²) in [4.78, 5) is 4.49. The number of anilines is 1. The van der Waals surface area contributed by atoms with Gasteiger partial charge in [0.15, 0.2) is 0 Å². The number of hydrazone groups is 1. The van der Waals surface area contributed by atoms with Crippen molar-refractivity contribution in [3.05, 3.63) is 86.7 Å². The normalized spacial score (nSPS) is 11.4. The van der Waals surface area contributed by atoms with E-state index in [1.165, 1.54) is 23.5 Å². The van der Waals surface area contributed by atoms with E-state index in [2.05, 4.69) is 15.5 Å². The van der Waals surface area contributed by atoms with Crippen molar-refractivity contribution in [1.82, 2.24) is 9.55 Å². The maximum absolute atomic E-state index is 13.1. The monoisotopic (exact) mass is 458 g/mol. The molecule has 0 saturated heterocycles. The van der Waals surface area contributed by atoms with Gasteiger partial charge in [0.25, 0.3) is 0 Å². The van der Waals surface area contributed by atoms with Crippen LogP contribution in [0.1, 0.15) is 17.0 Å². The molecule has 4 rings (SSSR count). The second-order valence-electron chi connectivity index (χ2n) is 6.67. The predicted molar refractivity (Wildman–Crippen MR) is 124 cm³/mol. The lowest BCUT2D eigenvalue weighted by molar-refractivity contribution is 0.628. The Morgan fingerprint density at radius 1 is 1.10 bits per heavy atom. The van der Waals surface area contributed by atoms with Crippen LogP contribution in [-0.4, -0.2) is 15.8 Å². The van der Waals surface area contributed by atoms with E-state index >= 15 is 0 Å². The number of nitrogens with zero attached hydrogens (tertiary/aromatic N) is 3. The van der Waals surface area contributed by atoms with E-state index in [-0.39, 0.29) is 5.82 Å². The molecule has 0 saturated carbocycles. The predicted octanol–water partition coefficient (Wildman–Crippen LogP) is 7.11. The van der Waals surface area contributed by atoms with Gasteiger partial charge in [-0.3, -0.25) is 5.43 Å². The second-order valence-corrected chi connectivity index (χ2v) is 8.37. The zero-order valence-electron chi connectivity index (χ0n) is 16.2. The largest absolute Gasteiger partial charge is 0.316 e. The molecule has 2 aromatic heterocycles. The van der Waals surface area contributed by atoms with Crippen molar-refractivity contribution >= 4 is 45.9 Å². The zero-order valence-corrected chi connectivity index (χ0v) is 18.5. The molecule has 152 valence electrons. The smallest absolute Gasteiger partial charge is 0.203 e. The highest BCUT2D eigenvalue weighted by Gasteiger charge is 2.13. The lowest BCUT2D eigenvalue weighted by atomic mass is 10.2. The molecule has 30 heavy (non-hydrogen) atoms. The number of benzene rings is 2. The van der Waals surface area contributed by atoms with Gasteiger partial charge in [0.05, 0.1) is 22.6 Å². The topological polar surface area (TPSA) is 42.2 Å². The first-order valence-corrected chi connectivity index (χ1v) is 10.7. The van der Waals surface area contributed by atoms with Crippen molar-refractivity contribution in [3.63, 3.8) is 0 Å². The first-order chi connectivity index (χ1) is 14.4. The lowest BCUT2D eigenvalue weighted by Gasteiger charge is -2.12. The van der Waals surface area contributed by atoms with Crippen LogP contribution in [0.15, 0.2) is 59.0 Å². The molecular formula is C22H17Cl2FN4S. The molecule has 0 spiro atoms. The van der Waals surface area contributed by atoms with Crippen LogP contribution in [0.2, 0.25) is 10.0 Å². The fourth-order valence-electron chi connectivity index (χ4n) is 3.18. The van der Waals surface area contributed by atoms with E-state index in [1.807, 2.05) is 35.9 Å². The Morgan fingerprint density at radius 2 is 1.87 bits per heavy atom. The van der Waals surface area contributed by atoms with E-state index in [9.17, 15) is 4.39 Å². The van der Waals surface area contributed by atoms with Gasteiger partial charge in [-0.25, -0.2) is 9.37 Å². The van der Waals surface area contributed by atoms with E-state index in [4.69, 9.17) is 23.2 Å². The number of thiazole rings is 1. The van der Waals surface area contributed by atoms with Crippen LogP contribution in [0, 0.1) is 19.7 Å². The van der Waals surface area contributed by atoms with Crippen molar-refractivity contribution < 1.29 is 4.39 Å². The maximum Gasteiger partial charge on any atom is 0.203 e. The van der Waals surface area contributed by atoms with Gasteiger partial charge in [-0.1, -0.05) is 23.2 Å². The van der Waals surface area contributed by atoms with Crippen LogP contribution in [-0.2, 0) is 0 Å². The molecule has 2 aromatic carbocycles. The molecular weight excluding hydrogens is 442 g/mol. The highest BCUT2D eigenvalue weighted by molar-refractivity contribution is 7.14. The van der Waals surface area contributed by atoms with Crippen molar-refractivity contribution in [1.29, 1.82) is 0 Å². The molecule has 0 aliphatic heterocycles. The average molecular weight is 459 g/mol. The Bertz CT molecular complexity index is 1230. The van der Waals surface area contributed by atoms with E-state index in [1.54, 1.807) is 30.5 Å². The van der Waals surface area contributed by atoms with Crippen LogP contribution >= 0.6 is 34.5 Å². The number of hydrogen-bond acceptors (Lipinski definition) is 4. The van der Waals surface area contributed by atoms with Gasteiger partial charge in [0, 0.05) is 32.9 Å². The van der Waals surface area contributed by atoms with Gasteiger partial charge in [-0.2, -0.15) is 5.10 Å². The standard InChI is InChI=1S/C22H17Cl2FN4S/c1-13-9-16(14(2)29(13)21-10-17(23)5-8-19(21)24)11-26-28-22-27-20(12-30-22)15-3-6-18(25)7-4-15/h3-12H,1-2H3,(H,27,28)/b26-11+. The minimum Gasteiger partial charge on any atom is -0.316 e. The number of aryl methyl sites for hydroxylation is 1. The maximum atomic E-state index is 13.1. The average Bonchev–Trinajstić information content (AvgIpc) is 3.29. The quantitative estimate of drug-likeness (QED) is 0.255. The van der Waals surface area contributed by atoms with E-state index in [0.717, 1.165) is 33.9 Å². The van der Waals surface area contributed by atoms with Gasteiger partial charge in [-0.15, -0.1) is 11.3 Å². The van der Waals surface area contributed by atoms with Crippen molar-refractivity contribution in [2.75, 3.05) is 5.43 Å². The summed E-state index contributed by atoms with van der Waals surface area (Å²) in [5.41, 5.74) is 8.37. The van der Waals surface area contributed by atoms with Gasteiger partial charge < -0.3 is 4.57 Å². The van der Waals surface area contributed by atoms with Crippen molar-refractivity contribution in [2.24, 2.45) is 5.10 Å². The molecule has 0 unspecified atom stereocenters. The Morgan fingerprint density at radius 3 is 2.63 bits per heavy atom. The summed E-state index contributed by atoms with van der Waals surface area (Å²) in [5, 5.41) is 8.12. The first kappa shape index (κ1) is 20.6. The summed E-state index contributed by atoms with van der Waals surface area (Å²) in [5.74, 6) is -0.270. The van der Waals surface area contributed by atoms with Gasteiger partial charge in [-0.05, 0) is 62.4 Å². The molecule has 0 bridgehead atoms. The SMILES string of the molecule is Cc1cc(/C=N/Nc2nc(-c3ccc(F)cc3)cs2)c(C)n1-c1cc(Cl)ccc1Cl. The molecule has 8 heteroatoms. The molecule has 0 atom stereocenters. The van der Waals surface area contributed by atoms with Crippen LogP contribution in [0.3, 0.4) is 0 Å². The first-order valence-electron chi connectivity index (χ1n) is 9.07. The summed E-state index contributed by atoms with van der Waals surface area (Å²) in [7, 11) is 0. The summed E-state index contributed by atoms with van der Waals surface area (Å²) in [6.07, 6.45) is 1.75. The molecule has 0 amide bonds. The Labute approximate surface area is 187 Å². The number of hydrogen-bond donors (Lipinski definition) is 1. The summed E-state index contributed by atoms with van der Waals surface area (Å²) < 4.78 is 15.1. The number of nitrogens with one attached hydrogen (secondary N) is 1. The minimum atomic E-state index is -0.270. The van der Waals surface area contributed by atoms with Crippen LogP contribution in [0.25, 0.3) is 16.9 Å². The summed E-state index contributed by atoms with van der Waals surface area (Å²) in [6, 6.07) is 13.7. The van der Waals surface area contributed by atoms with Crippen LogP contribution in [0.4, 0.5) is 9.52 Å². The Balaban J connectivity index is 1.53. The zero-order chi connectivity index (χ0) is 21.3. The Hall–Kier alpha value is -2.67. The van der Waals surface area contributed by atoms with Crippen LogP contribution in [0.5, 0.6) is 0 Å². The fourth-order valence-corrected chi connectivity index (χ4v) is 4.22. The van der Waals surface area contributed by atoms with Gasteiger partial charge in [0.1, 0.15) is 5.82 Å². The summed E-state index contributed by atoms with van der Waals surface area (Å²) in [6.45, 7) is 4.01. The van der Waals surface area contributed by atoms with Gasteiger partial charge >= 0.3 is 0 Å². The number of rotatable bonds is 5. The molecule has 0 fully saturated rings. The van der Waals surface area contributed by atoms with Gasteiger partial charge in [0.2, 0.25) is 5.13 Å². The minimum absolute atomic E-state index is 0.270. The number of halogens is 3. The molecule has 0 aliphatic rings. The summed E-state index contributed by atoms with van der Waals surface area (Å²) >= 11 is 14.0. The van der Waals surface area contributed by atoms with E-state index < -0.39 is 0 Å². The molecule has 4 aromatic rings. The third-order valence-corrected chi connectivity index (χ3v) is 5.93. The Kier molecular flexibility index (Phi) is 5.90. The fraction of sp³-hybridized carbons (Fsp3) is 0.0909. The van der Waals surface area contributed by atoms with E-state index in [0.29, 0.717) is 15.2 Å². The molecule has 2 heterocycles. The highest BCUT2D eigenvalue weighted by Crippen LogP contribution is 2.29. The molecule has 0 aliphatic carbocycles. The van der Waals surface area contributed by atoms with Crippen molar-refractivity contribution in [2.45, 2.75) is 13.8 Å².